The average Bonchev–Trinajstić information content (AvgIpc) is 3.17. The Morgan fingerprint density at radius 1 is 1.42 bits per heavy atom. The maximum Gasteiger partial charge on any atom is 0.358 e. The van der Waals surface area contributed by atoms with E-state index in [4.69, 9.17) is 4.74 Å². The maximum absolute atomic E-state index is 11.2. The molecule has 1 N–H and O–H groups in total. The SMILES string of the molecule is COc1ccccc1-n1nnc(C(=O)O)c1C1CC1. The highest BCUT2D eigenvalue weighted by Gasteiger charge is 2.34. The number of hydrogen-bond acceptors (Lipinski definition) is 4. The second kappa shape index (κ2) is 4.38. The van der Waals surface area contributed by atoms with Crippen LogP contribution in [0.15, 0.2) is 24.3 Å². The summed E-state index contributed by atoms with van der Waals surface area (Å²) in [7, 11) is 1.57. The zero-order valence-electron chi connectivity index (χ0n) is 10.4. The standard InChI is InChI=1S/C13H13N3O3/c1-19-10-5-3-2-4-9(10)16-12(8-6-7-8)11(13(17)18)14-15-16/h2-5,8H,6-7H2,1H3,(H,17,18). The molecule has 1 aromatic carbocycles. The summed E-state index contributed by atoms with van der Waals surface area (Å²) in [5.74, 6) is -0.166. The lowest BCUT2D eigenvalue weighted by Gasteiger charge is -2.10. The quantitative estimate of drug-likeness (QED) is 0.906. The van der Waals surface area contributed by atoms with Crippen LogP contribution >= 0.6 is 0 Å². The Labute approximate surface area is 109 Å². The van der Waals surface area contributed by atoms with Crippen molar-refractivity contribution in [2.75, 3.05) is 7.11 Å². The summed E-state index contributed by atoms with van der Waals surface area (Å²) in [5.41, 5.74) is 1.41. The summed E-state index contributed by atoms with van der Waals surface area (Å²) in [6.07, 6.45) is 1.95. The van der Waals surface area contributed by atoms with E-state index in [9.17, 15) is 9.90 Å². The Hall–Kier alpha value is -2.37. The highest BCUT2D eigenvalue weighted by Crippen LogP contribution is 2.42. The first-order chi connectivity index (χ1) is 9.22. The Bertz CT molecular complexity index is 632. The van der Waals surface area contributed by atoms with Gasteiger partial charge in [0.05, 0.1) is 12.8 Å². The molecule has 0 atom stereocenters. The van der Waals surface area contributed by atoms with Crippen molar-refractivity contribution in [3.05, 3.63) is 35.7 Å². The van der Waals surface area contributed by atoms with Crippen molar-refractivity contribution in [3.63, 3.8) is 0 Å². The molecule has 1 fully saturated rings. The van der Waals surface area contributed by atoms with Crippen molar-refractivity contribution in [1.82, 2.24) is 15.0 Å². The van der Waals surface area contributed by atoms with E-state index in [1.165, 1.54) is 0 Å². The molecule has 0 amide bonds. The summed E-state index contributed by atoms with van der Waals surface area (Å²) < 4.78 is 6.87. The minimum Gasteiger partial charge on any atom is -0.494 e. The van der Waals surface area contributed by atoms with E-state index in [0.717, 1.165) is 12.8 Å². The lowest BCUT2D eigenvalue weighted by atomic mass is 10.2. The van der Waals surface area contributed by atoms with Gasteiger partial charge in [-0.05, 0) is 25.0 Å². The molecule has 19 heavy (non-hydrogen) atoms. The number of carboxylic acid groups (broad SMARTS) is 1. The fraction of sp³-hybridized carbons (Fsp3) is 0.308. The predicted molar refractivity (Wildman–Crippen MR) is 66.8 cm³/mol. The molecule has 6 nitrogen and oxygen atoms in total. The number of para-hydroxylation sites is 2. The van der Waals surface area contributed by atoms with E-state index in [0.29, 0.717) is 17.1 Å². The molecule has 0 radical (unpaired) electrons. The first kappa shape index (κ1) is 11.7. The number of benzene rings is 1. The normalized spacial score (nSPS) is 14.4. The molecule has 0 bridgehead atoms. The fourth-order valence-corrected chi connectivity index (χ4v) is 2.15. The van der Waals surface area contributed by atoms with Crippen LogP contribution in [0, 0.1) is 0 Å². The van der Waals surface area contributed by atoms with E-state index in [2.05, 4.69) is 10.3 Å². The molecular formula is C13H13N3O3. The first-order valence-corrected chi connectivity index (χ1v) is 6.04. The monoisotopic (exact) mass is 259 g/mol. The van der Waals surface area contributed by atoms with Crippen LogP contribution in [0.1, 0.15) is 34.9 Å². The molecule has 0 unspecified atom stereocenters. The second-order valence-corrected chi connectivity index (χ2v) is 4.49. The van der Waals surface area contributed by atoms with E-state index >= 15 is 0 Å². The first-order valence-electron chi connectivity index (χ1n) is 6.04. The predicted octanol–water partition coefficient (Wildman–Crippen LogP) is 1.85. The minimum atomic E-state index is -1.04. The van der Waals surface area contributed by atoms with E-state index in [-0.39, 0.29) is 11.6 Å². The van der Waals surface area contributed by atoms with Crippen LogP contribution in [0.5, 0.6) is 5.75 Å². The summed E-state index contributed by atoms with van der Waals surface area (Å²) >= 11 is 0. The van der Waals surface area contributed by atoms with Crippen molar-refractivity contribution in [2.45, 2.75) is 18.8 Å². The Kier molecular flexibility index (Phi) is 2.70. The van der Waals surface area contributed by atoms with Crippen molar-refractivity contribution >= 4 is 5.97 Å². The molecule has 6 heteroatoms. The third kappa shape index (κ3) is 1.95. The van der Waals surface area contributed by atoms with Crippen LogP contribution in [-0.2, 0) is 0 Å². The van der Waals surface area contributed by atoms with Crippen LogP contribution < -0.4 is 4.74 Å². The number of hydrogen-bond donors (Lipinski definition) is 1. The van der Waals surface area contributed by atoms with E-state index < -0.39 is 5.97 Å². The van der Waals surface area contributed by atoms with Gasteiger partial charge in [0.25, 0.3) is 0 Å². The highest BCUT2D eigenvalue weighted by molar-refractivity contribution is 5.87. The summed E-state index contributed by atoms with van der Waals surface area (Å²) in [6, 6.07) is 7.37. The number of nitrogens with zero attached hydrogens (tertiary/aromatic N) is 3. The van der Waals surface area contributed by atoms with Gasteiger partial charge in [0.1, 0.15) is 11.4 Å². The minimum absolute atomic E-state index is 0.0356. The highest BCUT2D eigenvalue weighted by atomic mass is 16.5. The summed E-state index contributed by atoms with van der Waals surface area (Å²) in [4.78, 5) is 11.2. The zero-order valence-corrected chi connectivity index (χ0v) is 10.4. The van der Waals surface area contributed by atoms with Gasteiger partial charge in [0.15, 0.2) is 5.69 Å². The number of methoxy groups -OCH3 is 1. The van der Waals surface area contributed by atoms with Crippen LogP contribution in [0.4, 0.5) is 0 Å². The zero-order chi connectivity index (χ0) is 13.4. The number of aromatic nitrogens is 3. The molecule has 2 aromatic rings. The molecule has 1 heterocycles. The van der Waals surface area contributed by atoms with Gasteiger partial charge in [-0.1, -0.05) is 17.3 Å². The number of carboxylic acids is 1. The largest absolute Gasteiger partial charge is 0.494 e. The molecular weight excluding hydrogens is 246 g/mol. The molecule has 0 saturated heterocycles. The molecule has 1 aromatic heterocycles. The van der Waals surface area contributed by atoms with E-state index in [1.54, 1.807) is 11.8 Å². The van der Waals surface area contributed by atoms with Gasteiger partial charge in [0, 0.05) is 5.92 Å². The lowest BCUT2D eigenvalue weighted by Crippen LogP contribution is -2.06. The van der Waals surface area contributed by atoms with Gasteiger partial charge in [-0.3, -0.25) is 0 Å². The Balaban J connectivity index is 2.17. The van der Waals surface area contributed by atoms with Gasteiger partial charge in [0.2, 0.25) is 0 Å². The maximum atomic E-state index is 11.2. The summed E-state index contributed by atoms with van der Waals surface area (Å²) in [5, 5.41) is 17.0. The molecule has 1 aliphatic rings. The fourth-order valence-electron chi connectivity index (χ4n) is 2.15. The molecule has 1 aliphatic carbocycles. The van der Waals surface area contributed by atoms with Gasteiger partial charge in [-0.25, -0.2) is 9.48 Å². The second-order valence-electron chi connectivity index (χ2n) is 4.49. The van der Waals surface area contributed by atoms with Crippen LogP contribution in [0.3, 0.4) is 0 Å². The van der Waals surface area contributed by atoms with Crippen LogP contribution in [-0.4, -0.2) is 33.2 Å². The third-order valence-electron chi connectivity index (χ3n) is 3.18. The van der Waals surface area contributed by atoms with Crippen molar-refractivity contribution in [2.24, 2.45) is 0 Å². The van der Waals surface area contributed by atoms with Gasteiger partial charge in [-0.2, -0.15) is 0 Å². The van der Waals surface area contributed by atoms with Crippen molar-refractivity contribution in [3.8, 4) is 11.4 Å². The molecule has 0 aliphatic heterocycles. The topological polar surface area (TPSA) is 77.2 Å². The van der Waals surface area contributed by atoms with Gasteiger partial charge < -0.3 is 9.84 Å². The molecule has 98 valence electrons. The van der Waals surface area contributed by atoms with Crippen LogP contribution in [0.25, 0.3) is 5.69 Å². The Morgan fingerprint density at radius 3 is 2.79 bits per heavy atom. The smallest absolute Gasteiger partial charge is 0.358 e. The van der Waals surface area contributed by atoms with Gasteiger partial charge in [-0.15, -0.1) is 5.10 Å². The van der Waals surface area contributed by atoms with E-state index in [1.807, 2.05) is 24.3 Å². The summed E-state index contributed by atoms with van der Waals surface area (Å²) in [6.45, 7) is 0. The Morgan fingerprint density at radius 2 is 2.16 bits per heavy atom. The number of ether oxygens (including phenoxy) is 1. The molecule has 3 rings (SSSR count). The molecule has 0 spiro atoms. The number of rotatable bonds is 4. The van der Waals surface area contributed by atoms with Gasteiger partial charge >= 0.3 is 5.97 Å². The van der Waals surface area contributed by atoms with Crippen LogP contribution in [0.2, 0.25) is 0 Å². The third-order valence-corrected chi connectivity index (χ3v) is 3.18. The van der Waals surface area contributed by atoms with Crippen molar-refractivity contribution < 1.29 is 14.6 Å². The van der Waals surface area contributed by atoms with Crippen molar-refractivity contribution in [1.29, 1.82) is 0 Å². The molecule has 1 saturated carbocycles. The number of carbonyl (C=O) groups is 1. The number of aromatic carboxylic acids is 1. The lowest BCUT2D eigenvalue weighted by molar-refractivity contribution is 0.0689. The average molecular weight is 259 g/mol.